The summed E-state index contributed by atoms with van der Waals surface area (Å²) in [4.78, 5) is 11.0. The molecule has 0 aliphatic rings. The highest BCUT2D eigenvalue weighted by molar-refractivity contribution is 5.69. The van der Waals surface area contributed by atoms with Crippen molar-refractivity contribution in [3.8, 4) is 0 Å². The standard InChI is InChI=1S/C11H22O4/c1-5-6-10(12)14-7-9(2)8-15-11(3,4)13/h9,13H,5-8H2,1-4H3. The van der Waals surface area contributed by atoms with Crippen molar-refractivity contribution >= 4 is 5.97 Å². The van der Waals surface area contributed by atoms with Crippen LogP contribution in [0.4, 0.5) is 0 Å². The van der Waals surface area contributed by atoms with E-state index in [2.05, 4.69) is 0 Å². The van der Waals surface area contributed by atoms with Crippen molar-refractivity contribution in [1.29, 1.82) is 0 Å². The van der Waals surface area contributed by atoms with Gasteiger partial charge >= 0.3 is 5.97 Å². The van der Waals surface area contributed by atoms with Gasteiger partial charge in [0, 0.05) is 12.3 Å². The summed E-state index contributed by atoms with van der Waals surface area (Å²) in [5, 5.41) is 9.30. The number of hydrogen-bond donors (Lipinski definition) is 1. The molecule has 0 heterocycles. The molecule has 4 nitrogen and oxygen atoms in total. The molecule has 0 fully saturated rings. The van der Waals surface area contributed by atoms with Crippen molar-refractivity contribution < 1.29 is 19.4 Å². The first kappa shape index (κ1) is 14.4. The molecule has 4 heteroatoms. The van der Waals surface area contributed by atoms with Gasteiger partial charge < -0.3 is 14.6 Å². The van der Waals surface area contributed by atoms with Gasteiger partial charge in [-0.05, 0) is 20.3 Å². The zero-order chi connectivity index (χ0) is 11.9. The molecule has 90 valence electrons. The Balaban J connectivity index is 3.57. The number of carbonyl (C=O) groups is 1. The van der Waals surface area contributed by atoms with E-state index in [9.17, 15) is 9.90 Å². The SMILES string of the molecule is CCCC(=O)OCC(C)COC(C)(C)O. The van der Waals surface area contributed by atoms with Gasteiger partial charge in [-0.1, -0.05) is 13.8 Å². The fourth-order valence-corrected chi connectivity index (χ4v) is 0.906. The first-order chi connectivity index (χ1) is 6.85. The van der Waals surface area contributed by atoms with Gasteiger partial charge in [0.2, 0.25) is 0 Å². The minimum Gasteiger partial charge on any atom is -0.465 e. The predicted molar refractivity (Wildman–Crippen MR) is 57.3 cm³/mol. The number of aliphatic hydroxyl groups is 1. The molecule has 1 unspecified atom stereocenters. The molecule has 0 saturated heterocycles. The van der Waals surface area contributed by atoms with Crippen molar-refractivity contribution in [2.45, 2.75) is 46.3 Å². The molecule has 0 bridgehead atoms. The Labute approximate surface area is 91.6 Å². The Kier molecular flexibility index (Phi) is 6.52. The summed E-state index contributed by atoms with van der Waals surface area (Å²) in [6.07, 6.45) is 1.26. The van der Waals surface area contributed by atoms with E-state index in [1.165, 1.54) is 0 Å². The van der Waals surface area contributed by atoms with Crippen molar-refractivity contribution in [2.24, 2.45) is 5.92 Å². The Hall–Kier alpha value is -0.610. The molecule has 15 heavy (non-hydrogen) atoms. The van der Waals surface area contributed by atoms with Crippen LogP contribution in [0.2, 0.25) is 0 Å². The minimum atomic E-state index is -1.12. The maximum atomic E-state index is 11.0. The van der Waals surface area contributed by atoms with Crippen molar-refractivity contribution in [1.82, 2.24) is 0 Å². The van der Waals surface area contributed by atoms with Gasteiger partial charge in [-0.3, -0.25) is 4.79 Å². The summed E-state index contributed by atoms with van der Waals surface area (Å²) in [5.74, 6) is -1.20. The van der Waals surface area contributed by atoms with Gasteiger partial charge in [0.15, 0.2) is 5.79 Å². The second-order valence-corrected chi connectivity index (χ2v) is 4.30. The average Bonchev–Trinajstić information content (AvgIpc) is 2.11. The quantitative estimate of drug-likeness (QED) is 0.522. The van der Waals surface area contributed by atoms with Crippen LogP contribution in [0.1, 0.15) is 40.5 Å². The number of rotatable bonds is 7. The lowest BCUT2D eigenvalue weighted by Crippen LogP contribution is -2.27. The molecule has 1 atom stereocenters. The van der Waals surface area contributed by atoms with E-state index in [0.29, 0.717) is 19.6 Å². The lowest BCUT2D eigenvalue weighted by Gasteiger charge is -2.21. The maximum Gasteiger partial charge on any atom is 0.305 e. The molecule has 0 aliphatic heterocycles. The van der Waals surface area contributed by atoms with E-state index in [1.54, 1.807) is 13.8 Å². The lowest BCUT2D eigenvalue weighted by molar-refractivity contribution is -0.185. The Morgan fingerprint density at radius 1 is 1.40 bits per heavy atom. The summed E-state index contributed by atoms with van der Waals surface area (Å²) in [6.45, 7) is 7.70. The predicted octanol–water partition coefficient (Wildman–Crippen LogP) is 1.71. The zero-order valence-corrected chi connectivity index (χ0v) is 10.1. The van der Waals surface area contributed by atoms with E-state index in [-0.39, 0.29) is 11.9 Å². The summed E-state index contributed by atoms with van der Waals surface area (Å²) in [6, 6.07) is 0. The van der Waals surface area contributed by atoms with Gasteiger partial charge in [-0.2, -0.15) is 0 Å². The summed E-state index contributed by atoms with van der Waals surface area (Å²) in [7, 11) is 0. The van der Waals surface area contributed by atoms with Crippen molar-refractivity contribution in [2.75, 3.05) is 13.2 Å². The van der Waals surface area contributed by atoms with Crippen molar-refractivity contribution in [3.05, 3.63) is 0 Å². The number of ether oxygens (including phenoxy) is 2. The topological polar surface area (TPSA) is 55.8 Å². The summed E-state index contributed by atoms with van der Waals surface area (Å²) in [5.41, 5.74) is 0. The molecule has 0 aromatic carbocycles. The van der Waals surface area contributed by atoms with Crippen molar-refractivity contribution in [3.63, 3.8) is 0 Å². The largest absolute Gasteiger partial charge is 0.465 e. The maximum absolute atomic E-state index is 11.0. The van der Waals surface area contributed by atoms with Gasteiger partial charge in [0.1, 0.15) is 0 Å². The van der Waals surface area contributed by atoms with E-state index in [0.717, 1.165) is 6.42 Å². The zero-order valence-electron chi connectivity index (χ0n) is 10.1. The molecule has 0 aromatic rings. The Morgan fingerprint density at radius 3 is 2.47 bits per heavy atom. The number of esters is 1. The normalized spacial score (nSPS) is 13.7. The van der Waals surface area contributed by atoms with Crippen LogP contribution in [0.25, 0.3) is 0 Å². The molecule has 0 rings (SSSR count). The van der Waals surface area contributed by atoms with E-state index in [4.69, 9.17) is 9.47 Å². The Bertz CT molecular complexity index is 184. The van der Waals surface area contributed by atoms with Crippen LogP contribution in [0.3, 0.4) is 0 Å². The van der Waals surface area contributed by atoms with Crippen LogP contribution in [-0.2, 0) is 14.3 Å². The molecular formula is C11H22O4. The van der Waals surface area contributed by atoms with Gasteiger partial charge in [0.25, 0.3) is 0 Å². The van der Waals surface area contributed by atoms with Crippen LogP contribution in [0, 0.1) is 5.92 Å². The monoisotopic (exact) mass is 218 g/mol. The molecule has 1 N–H and O–H groups in total. The third kappa shape index (κ3) is 9.69. The highest BCUT2D eigenvalue weighted by Crippen LogP contribution is 2.07. The van der Waals surface area contributed by atoms with Crippen LogP contribution < -0.4 is 0 Å². The van der Waals surface area contributed by atoms with Crippen LogP contribution in [-0.4, -0.2) is 30.1 Å². The average molecular weight is 218 g/mol. The van der Waals surface area contributed by atoms with Crippen LogP contribution >= 0.6 is 0 Å². The smallest absolute Gasteiger partial charge is 0.305 e. The molecule has 0 aliphatic carbocycles. The molecule has 0 amide bonds. The Morgan fingerprint density at radius 2 is 2.00 bits per heavy atom. The molecule has 0 radical (unpaired) electrons. The molecule has 0 spiro atoms. The molecular weight excluding hydrogens is 196 g/mol. The third-order valence-electron chi connectivity index (χ3n) is 1.70. The summed E-state index contributed by atoms with van der Waals surface area (Å²) < 4.78 is 10.2. The van der Waals surface area contributed by atoms with Crippen LogP contribution in [0.5, 0.6) is 0 Å². The van der Waals surface area contributed by atoms with E-state index >= 15 is 0 Å². The van der Waals surface area contributed by atoms with E-state index in [1.807, 2.05) is 13.8 Å². The summed E-state index contributed by atoms with van der Waals surface area (Å²) >= 11 is 0. The second kappa shape index (κ2) is 6.80. The van der Waals surface area contributed by atoms with Gasteiger partial charge in [-0.25, -0.2) is 0 Å². The van der Waals surface area contributed by atoms with Crippen LogP contribution in [0.15, 0.2) is 0 Å². The highest BCUT2D eigenvalue weighted by Gasteiger charge is 2.15. The van der Waals surface area contributed by atoms with E-state index < -0.39 is 5.79 Å². The lowest BCUT2D eigenvalue weighted by atomic mass is 10.2. The number of hydrogen-bond acceptors (Lipinski definition) is 4. The third-order valence-corrected chi connectivity index (χ3v) is 1.70. The fraction of sp³-hybridized carbons (Fsp3) is 0.909. The van der Waals surface area contributed by atoms with Gasteiger partial charge in [-0.15, -0.1) is 0 Å². The molecule has 0 aromatic heterocycles. The fourth-order valence-electron chi connectivity index (χ4n) is 0.906. The van der Waals surface area contributed by atoms with Gasteiger partial charge in [0.05, 0.1) is 13.2 Å². The molecule has 0 saturated carbocycles. The minimum absolute atomic E-state index is 0.0947. The second-order valence-electron chi connectivity index (χ2n) is 4.30. The highest BCUT2D eigenvalue weighted by atomic mass is 16.6. The first-order valence-corrected chi connectivity index (χ1v) is 5.37. The number of carbonyl (C=O) groups excluding carboxylic acids is 1. The first-order valence-electron chi connectivity index (χ1n) is 5.37.